The average molecular weight is 301 g/mol. The van der Waals surface area contributed by atoms with E-state index in [4.69, 9.17) is 0 Å². The van der Waals surface area contributed by atoms with E-state index in [1.165, 1.54) is 18.2 Å². The highest BCUT2D eigenvalue weighted by Gasteiger charge is 2.21. The second kappa shape index (κ2) is 6.09. The highest BCUT2D eigenvalue weighted by molar-refractivity contribution is 5.75. The maximum absolute atomic E-state index is 13.8. The molecule has 1 fully saturated rings. The van der Waals surface area contributed by atoms with E-state index in [0.717, 1.165) is 17.5 Å². The van der Waals surface area contributed by atoms with Crippen molar-refractivity contribution >= 4 is 5.91 Å². The number of halogens is 1. The lowest BCUT2D eigenvalue weighted by molar-refractivity contribution is -0.121. The van der Waals surface area contributed by atoms with Gasteiger partial charge >= 0.3 is 0 Å². The third kappa shape index (κ3) is 3.39. The number of aromatic nitrogens is 2. The number of amides is 1. The lowest BCUT2D eigenvalue weighted by Crippen LogP contribution is -2.34. The molecule has 6 heteroatoms. The van der Waals surface area contributed by atoms with E-state index in [0.29, 0.717) is 23.7 Å². The topological polar surface area (TPSA) is 64.0 Å². The Hall–Kier alpha value is -2.50. The summed E-state index contributed by atoms with van der Waals surface area (Å²) in [5.41, 5.74) is 0.240. The number of carbonyl (C=O) groups excluding carboxylic acids is 1. The number of nitrogens with one attached hydrogen (secondary N) is 1. The summed E-state index contributed by atoms with van der Waals surface area (Å²) in [7, 11) is 0. The van der Waals surface area contributed by atoms with Crippen LogP contribution in [-0.2, 0) is 11.3 Å². The van der Waals surface area contributed by atoms with Crippen molar-refractivity contribution in [3.63, 3.8) is 0 Å². The van der Waals surface area contributed by atoms with Gasteiger partial charge in [-0.2, -0.15) is 5.10 Å². The molecule has 1 N–H and O–H groups in total. The molecule has 1 heterocycles. The monoisotopic (exact) mass is 301 g/mol. The minimum atomic E-state index is -0.418. The summed E-state index contributed by atoms with van der Waals surface area (Å²) in [5.74, 6) is -0.107. The van der Waals surface area contributed by atoms with Gasteiger partial charge in [0.1, 0.15) is 12.4 Å². The van der Waals surface area contributed by atoms with Crippen LogP contribution in [0.15, 0.2) is 41.2 Å². The maximum atomic E-state index is 13.8. The van der Waals surface area contributed by atoms with Crippen molar-refractivity contribution in [2.75, 3.05) is 6.54 Å². The molecule has 0 saturated heterocycles. The van der Waals surface area contributed by atoms with E-state index in [9.17, 15) is 14.0 Å². The molecule has 5 nitrogen and oxygen atoms in total. The van der Waals surface area contributed by atoms with Gasteiger partial charge in [-0.25, -0.2) is 9.07 Å². The van der Waals surface area contributed by atoms with Gasteiger partial charge < -0.3 is 5.32 Å². The molecule has 0 aliphatic heterocycles. The Morgan fingerprint density at radius 1 is 1.27 bits per heavy atom. The van der Waals surface area contributed by atoms with Gasteiger partial charge in [0.2, 0.25) is 5.91 Å². The van der Waals surface area contributed by atoms with Gasteiger partial charge in [-0.05, 0) is 37.0 Å². The second-order valence-electron chi connectivity index (χ2n) is 5.44. The molecule has 1 amide bonds. The summed E-state index contributed by atoms with van der Waals surface area (Å²) in [4.78, 5) is 23.6. The minimum absolute atomic E-state index is 0.159. The smallest absolute Gasteiger partial charge is 0.267 e. The van der Waals surface area contributed by atoms with Crippen molar-refractivity contribution < 1.29 is 9.18 Å². The molecule has 0 atom stereocenters. The zero-order valence-electron chi connectivity index (χ0n) is 12.0. The van der Waals surface area contributed by atoms with Crippen LogP contribution in [0, 0.1) is 11.7 Å². The maximum Gasteiger partial charge on any atom is 0.267 e. The van der Waals surface area contributed by atoms with Crippen molar-refractivity contribution in [3.05, 3.63) is 52.6 Å². The number of benzene rings is 1. The molecular formula is C16H16FN3O2. The van der Waals surface area contributed by atoms with E-state index in [2.05, 4.69) is 10.4 Å². The molecule has 0 bridgehead atoms. The summed E-state index contributed by atoms with van der Waals surface area (Å²) in [6, 6.07) is 8.94. The lowest BCUT2D eigenvalue weighted by atomic mass is 10.1. The van der Waals surface area contributed by atoms with E-state index >= 15 is 0 Å². The van der Waals surface area contributed by atoms with E-state index in [1.54, 1.807) is 18.2 Å². The molecule has 114 valence electrons. The van der Waals surface area contributed by atoms with Crippen LogP contribution >= 0.6 is 0 Å². The third-order valence-corrected chi connectivity index (χ3v) is 3.59. The first-order valence-electron chi connectivity index (χ1n) is 7.23. The van der Waals surface area contributed by atoms with E-state index in [1.807, 2.05) is 0 Å². The van der Waals surface area contributed by atoms with Crippen LogP contribution in [0.3, 0.4) is 0 Å². The second-order valence-corrected chi connectivity index (χ2v) is 5.44. The van der Waals surface area contributed by atoms with Crippen LogP contribution in [0.2, 0.25) is 0 Å². The van der Waals surface area contributed by atoms with Gasteiger partial charge in [-0.15, -0.1) is 0 Å². The Morgan fingerprint density at radius 3 is 2.77 bits per heavy atom. The molecule has 3 rings (SSSR count). The van der Waals surface area contributed by atoms with Crippen LogP contribution in [0.25, 0.3) is 11.3 Å². The number of nitrogens with zero attached hydrogens (tertiary/aromatic N) is 2. The summed E-state index contributed by atoms with van der Waals surface area (Å²) in [6.07, 6.45) is 2.28. The molecule has 1 aliphatic carbocycles. The van der Waals surface area contributed by atoms with Crippen molar-refractivity contribution in [1.82, 2.24) is 15.1 Å². The predicted molar refractivity (Wildman–Crippen MR) is 79.6 cm³/mol. The first-order chi connectivity index (χ1) is 10.6. The fraction of sp³-hybridized carbons (Fsp3) is 0.312. The summed E-state index contributed by atoms with van der Waals surface area (Å²) >= 11 is 0. The molecule has 0 radical (unpaired) electrons. The lowest BCUT2D eigenvalue weighted by Gasteiger charge is -2.08. The normalized spacial score (nSPS) is 13.9. The van der Waals surface area contributed by atoms with Gasteiger partial charge in [0.25, 0.3) is 5.56 Å². The summed E-state index contributed by atoms with van der Waals surface area (Å²) in [6.45, 7) is 0.481. The SMILES string of the molecule is O=C(Cn1nc(-c2ccccc2F)ccc1=O)NCC1CC1. The highest BCUT2D eigenvalue weighted by Crippen LogP contribution is 2.27. The molecule has 0 unspecified atom stereocenters. The summed E-state index contributed by atoms with van der Waals surface area (Å²) < 4.78 is 14.8. The quantitative estimate of drug-likeness (QED) is 0.912. The fourth-order valence-electron chi connectivity index (χ4n) is 2.15. The Morgan fingerprint density at radius 2 is 2.05 bits per heavy atom. The molecular weight excluding hydrogens is 285 g/mol. The predicted octanol–water partition coefficient (Wildman–Crippen LogP) is 1.58. The number of carbonyl (C=O) groups is 1. The Bertz CT molecular complexity index is 753. The number of rotatable bonds is 5. The van der Waals surface area contributed by atoms with Crippen LogP contribution in [-0.4, -0.2) is 22.2 Å². The molecule has 1 aromatic heterocycles. The first-order valence-corrected chi connectivity index (χ1v) is 7.23. The molecule has 1 saturated carbocycles. The van der Waals surface area contributed by atoms with Crippen molar-refractivity contribution in [2.45, 2.75) is 19.4 Å². The van der Waals surface area contributed by atoms with Crippen LogP contribution in [0.1, 0.15) is 12.8 Å². The Balaban J connectivity index is 1.79. The van der Waals surface area contributed by atoms with Crippen molar-refractivity contribution in [2.24, 2.45) is 5.92 Å². The van der Waals surface area contributed by atoms with Gasteiger partial charge in [-0.3, -0.25) is 9.59 Å². The van der Waals surface area contributed by atoms with E-state index in [-0.39, 0.29) is 18.0 Å². The van der Waals surface area contributed by atoms with Crippen LogP contribution in [0.5, 0.6) is 0 Å². The molecule has 0 spiro atoms. The van der Waals surface area contributed by atoms with Crippen LogP contribution in [0.4, 0.5) is 4.39 Å². The van der Waals surface area contributed by atoms with Crippen molar-refractivity contribution in [1.29, 1.82) is 0 Å². The molecule has 1 aliphatic rings. The van der Waals surface area contributed by atoms with Gasteiger partial charge in [-0.1, -0.05) is 12.1 Å². The average Bonchev–Trinajstić information content (AvgIpc) is 3.32. The molecule has 22 heavy (non-hydrogen) atoms. The summed E-state index contributed by atoms with van der Waals surface area (Å²) in [5, 5.41) is 6.87. The van der Waals surface area contributed by atoms with Gasteiger partial charge in [0.05, 0.1) is 5.69 Å². The van der Waals surface area contributed by atoms with Crippen LogP contribution < -0.4 is 10.9 Å². The minimum Gasteiger partial charge on any atom is -0.354 e. The Labute approximate surface area is 126 Å². The highest BCUT2D eigenvalue weighted by atomic mass is 19.1. The fourth-order valence-corrected chi connectivity index (χ4v) is 2.15. The number of hydrogen-bond donors (Lipinski definition) is 1. The van der Waals surface area contributed by atoms with Gasteiger partial charge in [0, 0.05) is 18.2 Å². The zero-order valence-corrected chi connectivity index (χ0v) is 12.0. The zero-order chi connectivity index (χ0) is 15.5. The number of hydrogen-bond acceptors (Lipinski definition) is 3. The molecule has 2 aromatic rings. The standard InChI is InChI=1S/C16H16FN3O2/c17-13-4-2-1-3-12(13)14-7-8-16(22)20(19-14)10-15(21)18-9-11-5-6-11/h1-4,7-8,11H,5-6,9-10H2,(H,18,21). The Kier molecular flexibility index (Phi) is 4.00. The van der Waals surface area contributed by atoms with Crippen molar-refractivity contribution in [3.8, 4) is 11.3 Å². The van der Waals surface area contributed by atoms with Gasteiger partial charge in [0.15, 0.2) is 0 Å². The molecule has 1 aromatic carbocycles. The van der Waals surface area contributed by atoms with E-state index < -0.39 is 5.82 Å². The largest absolute Gasteiger partial charge is 0.354 e. The first kappa shape index (κ1) is 14.4. The third-order valence-electron chi connectivity index (χ3n) is 3.59.